The Kier molecular flexibility index (Phi) is 8.75. The third-order valence-electron chi connectivity index (χ3n) is 7.58. The maximum Gasteiger partial charge on any atom is 0.416 e. The molecule has 11 heteroatoms. The number of β-amino-alcohol motifs (C(OH)–C–C–N with tert-alkyl or cyclic N) is 1. The molecule has 0 aliphatic carbocycles. The van der Waals surface area contributed by atoms with E-state index in [4.69, 9.17) is 9.72 Å². The van der Waals surface area contributed by atoms with Crippen molar-refractivity contribution in [2.75, 3.05) is 45.9 Å². The molecule has 1 saturated heterocycles. The van der Waals surface area contributed by atoms with Crippen molar-refractivity contribution in [2.45, 2.75) is 18.8 Å². The summed E-state index contributed by atoms with van der Waals surface area (Å²) in [5.74, 6) is 0.696. The smallest absolute Gasteiger partial charge is 0.416 e. The number of hydrogen-bond donors (Lipinski definition) is 1. The number of fused-ring (bicyclic) bond motifs is 1. The summed E-state index contributed by atoms with van der Waals surface area (Å²) in [5.41, 5.74) is 2.82. The zero-order valence-corrected chi connectivity index (χ0v) is 24.3. The molecule has 1 aliphatic heterocycles. The van der Waals surface area contributed by atoms with Crippen LogP contribution in [0.4, 0.5) is 13.2 Å². The van der Waals surface area contributed by atoms with Crippen LogP contribution in [0.5, 0.6) is 5.75 Å². The monoisotopic (exact) mass is 607 g/mol. The normalized spacial score (nSPS) is 15.6. The van der Waals surface area contributed by atoms with Crippen LogP contribution in [0.1, 0.15) is 5.56 Å². The molecule has 6 rings (SSSR count). The summed E-state index contributed by atoms with van der Waals surface area (Å²) in [6.07, 6.45) is -1.40. The molecule has 1 aliphatic rings. The molecule has 2 aromatic heterocycles. The van der Waals surface area contributed by atoms with Gasteiger partial charge in [-0.05, 0) is 29.8 Å². The number of benzene rings is 3. The number of rotatable bonds is 10. The van der Waals surface area contributed by atoms with Gasteiger partial charge in [0.15, 0.2) is 0 Å². The molecule has 5 aromatic rings. The summed E-state index contributed by atoms with van der Waals surface area (Å²) < 4.78 is 47.3. The molecule has 0 unspecified atom stereocenters. The third-order valence-corrected chi connectivity index (χ3v) is 8.67. The average molecular weight is 608 g/mol. The number of aromatic nitrogens is 3. The molecule has 3 heterocycles. The van der Waals surface area contributed by atoms with Crippen LogP contribution in [-0.2, 0) is 12.7 Å². The van der Waals surface area contributed by atoms with Crippen molar-refractivity contribution in [3.63, 3.8) is 0 Å². The van der Waals surface area contributed by atoms with Crippen molar-refractivity contribution in [2.24, 2.45) is 0 Å². The molecule has 0 spiro atoms. The van der Waals surface area contributed by atoms with E-state index in [0.717, 1.165) is 71.2 Å². The Morgan fingerprint density at radius 3 is 2.35 bits per heavy atom. The van der Waals surface area contributed by atoms with E-state index in [-0.39, 0.29) is 6.61 Å². The fourth-order valence-electron chi connectivity index (χ4n) is 5.17. The first-order chi connectivity index (χ1) is 20.8. The first kappa shape index (κ1) is 29.3. The van der Waals surface area contributed by atoms with Gasteiger partial charge in [-0.25, -0.2) is 4.98 Å². The van der Waals surface area contributed by atoms with Crippen LogP contribution < -0.4 is 4.74 Å². The van der Waals surface area contributed by atoms with Gasteiger partial charge in [-0.3, -0.25) is 14.5 Å². The predicted molar refractivity (Wildman–Crippen MR) is 162 cm³/mol. The minimum Gasteiger partial charge on any atom is -0.491 e. The minimum atomic E-state index is -4.34. The van der Waals surface area contributed by atoms with Gasteiger partial charge in [-0.2, -0.15) is 18.3 Å². The highest BCUT2D eigenvalue weighted by molar-refractivity contribution is 7.21. The highest BCUT2D eigenvalue weighted by Gasteiger charge is 2.30. The van der Waals surface area contributed by atoms with E-state index in [1.807, 2.05) is 47.3 Å². The quantitative estimate of drug-likeness (QED) is 0.213. The molecule has 1 N–H and O–H groups in total. The molecular formula is C32H32F3N5O2S. The lowest BCUT2D eigenvalue weighted by atomic mass is 10.1. The zero-order valence-electron chi connectivity index (χ0n) is 23.5. The number of thiazole rings is 1. The van der Waals surface area contributed by atoms with Crippen LogP contribution in [0.3, 0.4) is 0 Å². The number of halogens is 3. The van der Waals surface area contributed by atoms with Crippen LogP contribution in [0.15, 0.2) is 85.2 Å². The summed E-state index contributed by atoms with van der Waals surface area (Å²) in [6.45, 7) is 5.71. The summed E-state index contributed by atoms with van der Waals surface area (Å²) in [5, 5.41) is 16.0. The number of hydrogen-bond acceptors (Lipinski definition) is 7. The molecule has 43 heavy (non-hydrogen) atoms. The largest absolute Gasteiger partial charge is 0.491 e. The van der Waals surface area contributed by atoms with Crippen molar-refractivity contribution in [3.8, 4) is 27.4 Å². The lowest BCUT2D eigenvalue weighted by molar-refractivity contribution is -0.137. The van der Waals surface area contributed by atoms with Gasteiger partial charge >= 0.3 is 6.18 Å². The highest BCUT2D eigenvalue weighted by Crippen LogP contribution is 2.32. The Morgan fingerprint density at radius 1 is 0.860 bits per heavy atom. The van der Waals surface area contributed by atoms with Crippen LogP contribution in [0.2, 0.25) is 0 Å². The highest BCUT2D eigenvalue weighted by atomic mass is 32.1. The Morgan fingerprint density at radius 2 is 1.60 bits per heavy atom. The van der Waals surface area contributed by atoms with Crippen molar-refractivity contribution in [1.29, 1.82) is 0 Å². The lowest BCUT2D eigenvalue weighted by Crippen LogP contribution is -2.49. The van der Waals surface area contributed by atoms with Gasteiger partial charge in [0.25, 0.3) is 0 Å². The molecule has 3 aromatic carbocycles. The van der Waals surface area contributed by atoms with E-state index in [9.17, 15) is 18.3 Å². The molecule has 0 saturated carbocycles. The number of aliphatic hydroxyl groups is 1. The molecule has 0 radical (unpaired) electrons. The van der Waals surface area contributed by atoms with Gasteiger partial charge in [-0.15, -0.1) is 11.3 Å². The number of nitrogens with zero attached hydrogens (tertiary/aromatic N) is 5. The SMILES string of the molecule is O[C@@H](COc1ccc2sc(-c3ccccc3)nc2c1)CN1CCN(CCn2cc(-c3ccc(C(F)(F)F)cc3)cn2)CC1. The first-order valence-electron chi connectivity index (χ1n) is 14.2. The van der Waals surface area contributed by atoms with E-state index < -0.39 is 17.8 Å². The van der Waals surface area contributed by atoms with Crippen LogP contribution >= 0.6 is 11.3 Å². The summed E-state index contributed by atoms with van der Waals surface area (Å²) in [4.78, 5) is 9.35. The second-order valence-electron chi connectivity index (χ2n) is 10.7. The first-order valence-corrected chi connectivity index (χ1v) is 15.0. The minimum absolute atomic E-state index is 0.210. The molecule has 7 nitrogen and oxygen atoms in total. The van der Waals surface area contributed by atoms with Gasteiger partial charge in [0.2, 0.25) is 0 Å². The van der Waals surface area contributed by atoms with Crippen molar-refractivity contribution >= 4 is 21.6 Å². The standard InChI is InChI=1S/C32H32F3N5O2S/c33-32(34,35)26-8-6-23(7-9-26)25-19-36-40(20-25)17-16-38-12-14-39(15-13-38)21-27(41)22-42-28-10-11-30-29(18-28)37-31(43-30)24-4-2-1-3-5-24/h1-11,18-20,27,41H,12-17,21-22H2/t27-/m1/s1. The van der Waals surface area contributed by atoms with Crippen molar-refractivity contribution in [1.82, 2.24) is 24.6 Å². The van der Waals surface area contributed by atoms with E-state index in [0.29, 0.717) is 24.4 Å². The Bertz CT molecular complexity index is 1630. The fraction of sp³-hybridized carbons (Fsp3) is 0.312. The van der Waals surface area contributed by atoms with E-state index in [1.54, 1.807) is 17.5 Å². The van der Waals surface area contributed by atoms with E-state index >= 15 is 0 Å². The molecule has 0 bridgehead atoms. The molecule has 1 fully saturated rings. The fourth-order valence-corrected chi connectivity index (χ4v) is 6.12. The van der Waals surface area contributed by atoms with E-state index in [1.165, 1.54) is 12.1 Å². The number of piperazine rings is 1. The topological polar surface area (TPSA) is 66.7 Å². The maximum atomic E-state index is 12.8. The predicted octanol–water partition coefficient (Wildman–Crippen LogP) is 5.90. The van der Waals surface area contributed by atoms with Crippen molar-refractivity contribution in [3.05, 3.63) is 90.8 Å². The second kappa shape index (κ2) is 12.8. The van der Waals surface area contributed by atoms with Gasteiger partial charge in [-0.1, -0.05) is 42.5 Å². The molecule has 0 amide bonds. The molecule has 224 valence electrons. The van der Waals surface area contributed by atoms with Gasteiger partial charge in [0.1, 0.15) is 23.5 Å². The van der Waals surface area contributed by atoms with Crippen molar-refractivity contribution < 1.29 is 23.0 Å². The maximum absolute atomic E-state index is 12.8. The Balaban J connectivity index is 0.921. The second-order valence-corrected chi connectivity index (χ2v) is 11.7. The van der Waals surface area contributed by atoms with Crippen LogP contribution in [0, 0.1) is 0 Å². The lowest BCUT2D eigenvalue weighted by Gasteiger charge is -2.35. The van der Waals surface area contributed by atoms with Gasteiger partial charge < -0.3 is 9.84 Å². The van der Waals surface area contributed by atoms with Crippen LogP contribution in [-0.4, -0.2) is 81.7 Å². The van der Waals surface area contributed by atoms with Crippen LogP contribution in [0.25, 0.3) is 31.9 Å². The number of ether oxygens (including phenoxy) is 1. The molecule has 1 atom stereocenters. The Labute approximate surface area is 251 Å². The van der Waals surface area contributed by atoms with Gasteiger partial charge in [0, 0.05) is 62.7 Å². The van der Waals surface area contributed by atoms with Gasteiger partial charge in [0.05, 0.1) is 28.5 Å². The van der Waals surface area contributed by atoms with E-state index in [2.05, 4.69) is 27.0 Å². The number of aliphatic hydroxyl groups excluding tert-OH is 1. The zero-order chi connectivity index (χ0) is 29.8. The Hall–Kier alpha value is -3.77. The average Bonchev–Trinajstić information content (AvgIpc) is 3.67. The summed E-state index contributed by atoms with van der Waals surface area (Å²) in [6, 6.07) is 21.1. The third kappa shape index (κ3) is 7.42. The molecular weight excluding hydrogens is 575 g/mol. The number of alkyl halides is 3. The summed E-state index contributed by atoms with van der Waals surface area (Å²) >= 11 is 1.65. The summed E-state index contributed by atoms with van der Waals surface area (Å²) in [7, 11) is 0.